The van der Waals surface area contributed by atoms with Crippen LogP contribution >= 0.6 is 15.9 Å². The van der Waals surface area contributed by atoms with Crippen LogP contribution in [-0.2, 0) is 4.79 Å². The van der Waals surface area contributed by atoms with Crippen LogP contribution in [0.25, 0.3) is 0 Å². The van der Waals surface area contributed by atoms with Gasteiger partial charge in [-0.15, -0.1) is 5.92 Å². The smallest absolute Gasteiger partial charge is 0.228 e. The van der Waals surface area contributed by atoms with Crippen LogP contribution in [0.15, 0.2) is 70.3 Å². The van der Waals surface area contributed by atoms with E-state index < -0.39 is 23.7 Å². The van der Waals surface area contributed by atoms with Crippen LogP contribution in [0.3, 0.4) is 0 Å². The van der Waals surface area contributed by atoms with E-state index in [0.29, 0.717) is 29.3 Å². The van der Waals surface area contributed by atoms with Gasteiger partial charge in [-0.05, 0) is 85.0 Å². The molecule has 0 bridgehead atoms. The van der Waals surface area contributed by atoms with Gasteiger partial charge in [0.15, 0.2) is 0 Å². The Morgan fingerprint density at radius 1 is 1.03 bits per heavy atom. The summed E-state index contributed by atoms with van der Waals surface area (Å²) in [4.78, 5) is 12.7. The highest BCUT2D eigenvalue weighted by Gasteiger charge is 2.37. The van der Waals surface area contributed by atoms with Crippen LogP contribution < -0.4 is 5.32 Å². The minimum absolute atomic E-state index is 0.0875. The van der Waals surface area contributed by atoms with Gasteiger partial charge >= 0.3 is 0 Å². The van der Waals surface area contributed by atoms with Crippen molar-refractivity contribution in [1.29, 1.82) is 0 Å². The second-order valence-corrected chi connectivity index (χ2v) is 10.4. The van der Waals surface area contributed by atoms with E-state index in [4.69, 9.17) is 0 Å². The van der Waals surface area contributed by atoms with Crippen LogP contribution in [-0.4, -0.2) is 45.6 Å². The number of aliphatic hydroxyl groups excluding tert-OH is 3. The van der Waals surface area contributed by atoms with Crippen molar-refractivity contribution < 1.29 is 20.1 Å². The molecule has 200 valence electrons. The molecule has 0 aliphatic heterocycles. The summed E-state index contributed by atoms with van der Waals surface area (Å²) in [7, 11) is 0. The summed E-state index contributed by atoms with van der Waals surface area (Å²) < 4.78 is 0.715. The van der Waals surface area contributed by atoms with Crippen molar-refractivity contribution in [3.63, 3.8) is 0 Å². The van der Waals surface area contributed by atoms with E-state index in [1.165, 1.54) is 0 Å². The van der Waals surface area contributed by atoms with Gasteiger partial charge in [-0.25, -0.2) is 0 Å². The van der Waals surface area contributed by atoms with Gasteiger partial charge in [0.05, 0.1) is 23.7 Å². The maximum Gasteiger partial charge on any atom is 0.228 e. The molecule has 0 aromatic carbocycles. The number of hydrogen-bond acceptors (Lipinski definition) is 4. The number of carbonyl (C=O) groups is 1. The van der Waals surface area contributed by atoms with Gasteiger partial charge in [0.25, 0.3) is 0 Å². The Balaban J connectivity index is 4.98. The Morgan fingerprint density at radius 2 is 1.69 bits per heavy atom. The monoisotopic (exact) mass is 561 g/mol. The second-order valence-electron chi connectivity index (χ2n) is 9.54. The molecule has 0 aliphatic carbocycles. The molecule has 5 nitrogen and oxygen atoms in total. The molecule has 36 heavy (non-hydrogen) atoms. The normalized spacial score (nSPS) is 17.2. The molecule has 0 aromatic heterocycles. The quantitative estimate of drug-likeness (QED) is 0.163. The van der Waals surface area contributed by atoms with Crippen molar-refractivity contribution in [3.8, 4) is 11.8 Å². The second kappa shape index (κ2) is 18.1. The van der Waals surface area contributed by atoms with E-state index in [9.17, 15) is 20.1 Å². The molecule has 0 radical (unpaired) electrons. The molecule has 0 saturated carbocycles. The molecule has 0 fully saturated rings. The van der Waals surface area contributed by atoms with Crippen molar-refractivity contribution in [2.45, 2.75) is 92.1 Å². The topological polar surface area (TPSA) is 89.8 Å². The van der Waals surface area contributed by atoms with Crippen LogP contribution in [0.1, 0.15) is 67.7 Å². The average molecular weight is 563 g/mol. The van der Waals surface area contributed by atoms with Crippen molar-refractivity contribution in [2.24, 2.45) is 5.41 Å². The Bertz CT molecular complexity index is 926. The van der Waals surface area contributed by atoms with Crippen molar-refractivity contribution >= 4 is 21.8 Å². The van der Waals surface area contributed by atoms with Crippen LogP contribution in [0.4, 0.5) is 0 Å². The van der Waals surface area contributed by atoms with Crippen molar-refractivity contribution in [3.05, 3.63) is 70.3 Å². The number of rotatable bonds is 14. The van der Waals surface area contributed by atoms with Gasteiger partial charge in [0.1, 0.15) is 0 Å². The van der Waals surface area contributed by atoms with Gasteiger partial charge in [0.2, 0.25) is 5.91 Å². The number of nitrogens with one attached hydrogen (secondary N) is 1. The third-order valence-electron chi connectivity index (χ3n) is 5.62. The molecule has 0 aliphatic rings. The predicted octanol–water partition coefficient (Wildman–Crippen LogP) is 5.65. The third-order valence-corrected chi connectivity index (χ3v) is 6.78. The standard InChI is InChI=1S/C30H44BrNO4/c1-8-9-10-11-12-16-19-26(34)27(31)22(2)17-14-13-15-18-23(3)28(35)30(6,7)29(36)32-24(4)20-21-25(5)33/h10-18,24-26,28,33-35H,19-21H2,1-7H3,(H,32,36)/b11-10-,15-13-,16-12+,17-14+,23-18-,27-22-/t24-,25+,26-,28+/m1/s1. The predicted molar refractivity (Wildman–Crippen MR) is 154 cm³/mol. The van der Waals surface area contributed by atoms with Gasteiger partial charge in [-0.1, -0.05) is 70.5 Å². The molecule has 4 atom stereocenters. The van der Waals surface area contributed by atoms with E-state index in [1.807, 2.05) is 50.3 Å². The number of halogens is 1. The van der Waals surface area contributed by atoms with E-state index in [2.05, 4.69) is 33.1 Å². The zero-order valence-electron chi connectivity index (χ0n) is 22.8. The summed E-state index contributed by atoms with van der Waals surface area (Å²) >= 11 is 3.47. The highest BCUT2D eigenvalue weighted by Crippen LogP contribution is 2.27. The highest BCUT2D eigenvalue weighted by atomic mass is 79.9. The summed E-state index contributed by atoms with van der Waals surface area (Å²) in [6.45, 7) is 12.5. The Kier molecular flexibility index (Phi) is 17.0. The first-order valence-corrected chi connectivity index (χ1v) is 13.1. The lowest BCUT2D eigenvalue weighted by Crippen LogP contribution is -2.48. The molecule has 0 spiro atoms. The lowest BCUT2D eigenvalue weighted by atomic mass is 9.81. The summed E-state index contributed by atoms with van der Waals surface area (Å²) in [6, 6.07) is -0.0875. The Labute approximate surface area is 226 Å². The average Bonchev–Trinajstić information content (AvgIpc) is 2.82. The number of carbonyl (C=O) groups excluding carboxylic acids is 1. The third kappa shape index (κ3) is 13.8. The molecule has 6 heteroatoms. The number of allylic oxidation sites excluding steroid dienone is 9. The molecule has 1 amide bonds. The minimum atomic E-state index is -1.00. The lowest BCUT2D eigenvalue weighted by molar-refractivity contribution is -0.134. The van der Waals surface area contributed by atoms with Crippen molar-refractivity contribution in [2.75, 3.05) is 0 Å². The van der Waals surface area contributed by atoms with E-state index >= 15 is 0 Å². The molecule has 4 N–H and O–H groups in total. The lowest BCUT2D eigenvalue weighted by Gasteiger charge is -2.31. The van der Waals surface area contributed by atoms with Gasteiger partial charge in [-0.2, -0.15) is 0 Å². The Hall–Kier alpha value is -2.17. The molecule has 0 rings (SSSR count). The van der Waals surface area contributed by atoms with Gasteiger partial charge < -0.3 is 20.6 Å². The summed E-state index contributed by atoms with van der Waals surface area (Å²) in [5.41, 5.74) is 0.569. The number of hydrogen-bond donors (Lipinski definition) is 4. The summed E-state index contributed by atoms with van der Waals surface area (Å²) in [5, 5.41) is 33.5. The fraction of sp³-hybridized carbons (Fsp3) is 0.500. The number of amides is 1. The summed E-state index contributed by atoms with van der Waals surface area (Å²) in [5.74, 6) is 5.38. The maximum atomic E-state index is 12.7. The molecule has 0 heterocycles. The van der Waals surface area contributed by atoms with Crippen molar-refractivity contribution in [1.82, 2.24) is 5.32 Å². The molecule has 0 saturated heterocycles. The van der Waals surface area contributed by atoms with Crippen LogP contribution in [0, 0.1) is 17.3 Å². The highest BCUT2D eigenvalue weighted by molar-refractivity contribution is 9.11. The zero-order chi connectivity index (χ0) is 27.7. The fourth-order valence-electron chi connectivity index (χ4n) is 3.15. The van der Waals surface area contributed by atoms with Gasteiger partial charge in [0, 0.05) is 10.5 Å². The van der Waals surface area contributed by atoms with E-state index in [0.717, 1.165) is 5.57 Å². The van der Waals surface area contributed by atoms with Crippen LogP contribution in [0.5, 0.6) is 0 Å². The largest absolute Gasteiger partial charge is 0.393 e. The van der Waals surface area contributed by atoms with E-state index in [1.54, 1.807) is 52.8 Å². The SMILES string of the molecule is CC#C/C=C\C=C\C[C@@H](O)/C(Br)=C(C)/C=C/C=C\C=C(\C)[C@H](O)C(C)(C)C(=O)N[C@H](C)CC[C@H](C)O. The fourth-order valence-corrected chi connectivity index (χ4v) is 3.47. The first-order chi connectivity index (χ1) is 16.8. The maximum absolute atomic E-state index is 12.7. The minimum Gasteiger partial charge on any atom is -0.393 e. The molecular weight excluding hydrogens is 518 g/mol. The Morgan fingerprint density at radius 3 is 2.31 bits per heavy atom. The first-order valence-electron chi connectivity index (χ1n) is 12.3. The molecule has 0 unspecified atom stereocenters. The first kappa shape index (κ1) is 33.8. The molecular formula is C30H44BrNO4. The number of aliphatic hydroxyl groups is 3. The zero-order valence-corrected chi connectivity index (χ0v) is 24.3. The van der Waals surface area contributed by atoms with Crippen LogP contribution in [0.2, 0.25) is 0 Å². The van der Waals surface area contributed by atoms with E-state index in [-0.39, 0.29) is 11.9 Å². The molecule has 0 aromatic rings. The van der Waals surface area contributed by atoms with Gasteiger partial charge in [-0.3, -0.25) is 4.79 Å². The summed E-state index contributed by atoms with van der Waals surface area (Å²) in [6.07, 6.45) is 16.2.